The standard InChI is InChI=1S/C15H26N2O/c1-12(10-11-18-5)16-13(2)14-6-8-15(9-7-14)17(3)4/h6-9,12-13,16H,10-11H2,1-5H3. The van der Waals surface area contributed by atoms with Gasteiger partial charge in [-0.15, -0.1) is 0 Å². The maximum absolute atomic E-state index is 5.10. The van der Waals surface area contributed by atoms with Crippen molar-refractivity contribution in [1.82, 2.24) is 5.32 Å². The van der Waals surface area contributed by atoms with E-state index in [4.69, 9.17) is 4.74 Å². The van der Waals surface area contributed by atoms with E-state index < -0.39 is 0 Å². The number of methoxy groups -OCH3 is 1. The van der Waals surface area contributed by atoms with Crippen molar-refractivity contribution in [2.75, 3.05) is 32.7 Å². The summed E-state index contributed by atoms with van der Waals surface area (Å²) in [6, 6.07) is 9.54. The molecule has 0 aliphatic rings. The molecule has 1 rings (SSSR count). The van der Waals surface area contributed by atoms with E-state index in [-0.39, 0.29) is 0 Å². The molecule has 0 aromatic heterocycles. The molecule has 2 atom stereocenters. The molecule has 102 valence electrons. The van der Waals surface area contributed by atoms with Crippen molar-refractivity contribution < 1.29 is 4.74 Å². The molecule has 3 heteroatoms. The highest BCUT2D eigenvalue weighted by Crippen LogP contribution is 2.18. The van der Waals surface area contributed by atoms with Gasteiger partial charge in [-0.2, -0.15) is 0 Å². The molecule has 0 aliphatic heterocycles. The molecule has 0 saturated heterocycles. The summed E-state index contributed by atoms with van der Waals surface area (Å²) < 4.78 is 5.10. The van der Waals surface area contributed by atoms with Crippen molar-refractivity contribution in [1.29, 1.82) is 0 Å². The molecule has 1 aromatic rings. The molecule has 0 radical (unpaired) electrons. The van der Waals surface area contributed by atoms with Crippen LogP contribution in [-0.2, 0) is 4.74 Å². The molecule has 0 heterocycles. The molecular weight excluding hydrogens is 224 g/mol. The fourth-order valence-corrected chi connectivity index (χ4v) is 1.96. The van der Waals surface area contributed by atoms with Gasteiger partial charge in [-0.25, -0.2) is 0 Å². The van der Waals surface area contributed by atoms with Crippen LogP contribution in [0.15, 0.2) is 24.3 Å². The predicted octanol–water partition coefficient (Wildman–Crippen LogP) is 2.83. The predicted molar refractivity (Wildman–Crippen MR) is 78.3 cm³/mol. The van der Waals surface area contributed by atoms with Crippen molar-refractivity contribution in [2.45, 2.75) is 32.4 Å². The molecule has 0 bridgehead atoms. The number of nitrogens with one attached hydrogen (secondary N) is 1. The van der Waals surface area contributed by atoms with Crippen LogP contribution >= 0.6 is 0 Å². The monoisotopic (exact) mass is 250 g/mol. The van der Waals surface area contributed by atoms with Crippen LogP contribution in [0, 0.1) is 0 Å². The van der Waals surface area contributed by atoms with Crippen LogP contribution in [0.1, 0.15) is 31.9 Å². The highest BCUT2D eigenvalue weighted by Gasteiger charge is 2.09. The summed E-state index contributed by atoms with van der Waals surface area (Å²) in [6.07, 6.45) is 1.04. The van der Waals surface area contributed by atoms with Gasteiger partial charge in [-0.3, -0.25) is 0 Å². The van der Waals surface area contributed by atoms with Gasteiger partial charge in [0.05, 0.1) is 0 Å². The maximum Gasteiger partial charge on any atom is 0.0476 e. The summed E-state index contributed by atoms with van der Waals surface area (Å²) in [4.78, 5) is 2.11. The molecule has 0 amide bonds. The highest BCUT2D eigenvalue weighted by molar-refractivity contribution is 5.46. The zero-order valence-corrected chi connectivity index (χ0v) is 12.2. The minimum Gasteiger partial charge on any atom is -0.385 e. The zero-order valence-electron chi connectivity index (χ0n) is 12.2. The van der Waals surface area contributed by atoms with Gasteiger partial charge in [0.2, 0.25) is 0 Å². The third-order valence-electron chi connectivity index (χ3n) is 3.20. The molecule has 0 saturated carbocycles. The van der Waals surface area contributed by atoms with E-state index in [9.17, 15) is 0 Å². The average Bonchev–Trinajstić information content (AvgIpc) is 2.36. The Bertz CT molecular complexity index is 335. The minimum absolute atomic E-state index is 0.369. The average molecular weight is 250 g/mol. The largest absolute Gasteiger partial charge is 0.385 e. The first kappa shape index (κ1) is 15.0. The molecule has 18 heavy (non-hydrogen) atoms. The van der Waals surface area contributed by atoms with Gasteiger partial charge >= 0.3 is 0 Å². The number of hydrogen-bond acceptors (Lipinski definition) is 3. The van der Waals surface area contributed by atoms with Crippen LogP contribution in [0.3, 0.4) is 0 Å². The lowest BCUT2D eigenvalue weighted by atomic mass is 10.1. The fourth-order valence-electron chi connectivity index (χ4n) is 1.96. The van der Waals surface area contributed by atoms with E-state index >= 15 is 0 Å². The second kappa shape index (κ2) is 7.39. The lowest BCUT2D eigenvalue weighted by molar-refractivity contribution is 0.183. The second-order valence-electron chi connectivity index (χ2n) is 5.06. The number of benzene rings is 1. The van der Waals surface area contributed by atoms with Crippen molar-refractivity contribution in [2.24, 2.45) is 0 Å². The Hall–Kier alpha value is -1.06. The van der Waals surface area contributed by atoms with E-state index in [2.05, 4.69) is 62.4 Å². The van der Waals surface area contributed by atoms with Gasteiger partial charge in [0.1, 0.15) is 0 Å². The van der Waals surface area contributed by atoms with E-state index in [0.29, 0.717) is 12.1 Å². The fraction of sp³-hybridized carbons (Fsp3) is 0.600. The third kappa shape index (κ3) is 4.67. The number of nitrogens with zero attached hydrogens (tertiary/aromatic N) is 1. The molecular formula is C15H26N2O. The van der Waals surface area contributed by atoms with Crippen LogP contribution in [0.4, 0.5) is 5.69 Å². The Kier molecular flexibility index (Phi) is 6.16. The Morgan fingerprint density at radius 1 is 1.17 bits per heavy atom. The zero-order chi connectivity index (χ0) is 13.5. The number of ether oxygens (including phenoxy) is 1. The Morgan fingerprint density at radius 3 is 2.28 bits per heavy atom. The maximum atomic E-state index is 5.10. The van der Waals surface area contributed by atoms with Gasteiger partial charge in [-0.05, 0) is 38.0 Å². The normalized spacial score (nSPS) is 14.3. The molecule has 0 fully saturated rings. The summed E-state index contributed by atoms with van der Waals surface area (Å²) in [7, 11) is 5.86. The topological polar surface area (TPSA) is 24.5 Å². The van der Waals surface area contributed by atoms with Gasteiger partial charge < -0.3 is 15.0 Å². The van der Waals surface area contributed by atoms with Gasteiger partial charge in [0, 0.05) is 45.6 Å². The highest BCUT2D eigenvalue weighted by atomic mass is 16.5. The lowest BCUT2D eigenvalue weighted by Crippen LogP contribution is -2.29. The summed E-state index contributed by atoms with van der Waals surface area (Å²) in [5.41, 5.74) is 2.56. The van der Waals surface area contributed by atoms with E-state index in [0.717, 1.165) is 13.0 Å². The SMILES string of the molecule is COCCC(C)NC(C)c1ccc(N(C)C)cc1. The molecule has 1 N–H and O–H groups in total. The van der Waals surface area contributed by atoms with Crippen LogP contribution < -0.4 is 10.2 Å². The van der Waals surface area contributed by atoms with Gasteiger partial charge in [0.15, 0.2) is 0 Å². The molecule has 1 aromatic carbocycles. The summed E-state index contributed by atoms with van der Waals surface area (Å²) >= 11 is 0. The summed E-state index contributed by atoms with van der Waals surface area (Å²) in [5.74, 6) is 0. The van der Waals surface area contributed by atoms with Crippen LogP contribution in [0.25, 0.3) is 0 Å². The quantitative estimate of drug-likeness (QED) is 0.805. The van der Waals surface area contributed by atoms with E-state index in [1.807, 2.05) is 0 Å². The third-order valence-corrected chi connectivity index (χ3v) is 3.20. The number of anilines is 1. The van der Waals surface area contributed by atoms with Crippen molar-refractivity contribution >= 4 is 5.69 Å². The van der Waals surface area contributed by atoms with Crippen molar-refractivity contribution in [3.63, 3.8) is 0 Å². The minimum atomic E-state index is 0.369. The van der Waals surface area contributed by atoms with E-state index in [1.54, 1.807) is 7.11 Å². The molecule has 0 spiro atoms. The first-order valence-corrected chi connectivity index (χ1v) is 6.57. The molecule has 0 aliphatic carbocycles. The van der Waals surface area contributed by atoms with Crippen molar-refractivity contribution in [3.8, 4) is 0 Å². The first-order chi connectivity index (χ1) is 8.54. The lowest BCUT2D eigenvalue weighted by Gasteiger charge is -2.21. The Morgan fingerprint density at radius 2 is 1.78 bits per heavy atom. The van der Waals surface area contributed by atoms with Crippen molar-refractivity contribution in [3.05, 3.63) is 29.8 Å². The Balaban J connectivity index is 2.53. The summed E-state index contributed by atoms with van der Waals surface area (Å²) in [6.45, 7) is 5.21. The molecule has 3 nitrogen and oxygen atoms in total. The van der Waals surface area contributed by atoms with Gasteiger partial charge in [-0.1, -0.05) is 12.1 Å². The first-order valence-electron chi connectivity index (χ1n) is 6.57. The molecule has 2 unspecified atom stereocenters. The smallest absolute Gasteiger partial charge is 0.0476 e. The summed E-state index contributed by atoms with van der Waals surface area (Å²) in [5, 5.41) is 3.59. The number of rotatable bonds is 7. The van der Waals surface area contributed by atoms with Crippen LogP contribution in [-0.4, -0.2) is 33.9 Å². The number of hydrogen-bond donors (Lipinski definition) is 1. The second-order valence-corrected chi connectivity index (χ2v) is 5.06. The van der Waals surface area contributed by atoms with Gasteiger partial charge in [0.25, 0.3) is 0 Å². The van der Waals surface area contributed by atoms with Crippen LogP contribution in [0.5, 0.6) is 0 Å². The van der Waals surface area contributed by atoms with E-state index in [1.165, 1.54) is 11.3 Å². The Labute approximate surface area is 111 Å². The van der Waals surface area contributed by atoms with Crippen LogP contribution in [0.2, 0.25) is 0 Å².